The number of methoxy groups -OCH3 is 2. The molecule has 4 unspecified atom stereocenters. The molecule has 0 saturated heterocycles. The van der Waals surface area contributed by atoms with Crippen molar-refractivity contribution in [3.05, 3.63) is 0 Å². The van der Waals surface area contributed by atoms with Crippen LogP contribution >= 0.6 is 0 Å². The van der Waals surface area contributed by atoms with E-state index in [1.165, 1.54) is 0 Å². The fraction of sp³-hybridized carbons (Fsp3) is 0.875. The molecule has 0 radical (unpaired) electrons. The second kappa shape index (κ2) is 7.17. The number of hydrogen-bond donors (Lipinski definition) is 0. The van der Waals surface area contributed by atoms with Gasteiger partial charge in [-0.1, -0.05) is 13.8 Å². The molecule has 0 bridgehead atoms. The molecule has 22 heavy (non-hydrogen) atoms. The predicted octanol–water partition coefficient (Wildman–Crippen LogP) is 3.63. The largest absolute Gasteiger partial charge is 0.375 e. The lowest BCUT2D eigenvalue weighted by molar-refractivity contribution is -0.0490. The Balaban J connectivity index is 5.91. The smallest absolute Gasteiger partial charge is 0.192 e. The predicted molar refractivity (Wildman–Crippen MR) is 84.3 cm³/mol. The Hall–Kier alpha value is -1.50. The quantitative estimate of drug-likeness (QED) is 0.640. The maximum atomic E-state index is 9.57. The third kappa shape index (κ3) is 3.29. The van der Waals surface area contributed by atoms with E-state index in [-0.39, 0.29) is 0 Å². The summed E-state index contributed by atoms with van der Waals surface area (Å²) in [5.74, 6) is 0. The molecule has 0 saturated carbocycles. The van der Waals surface area contributed by atoms with E-state index < -0.39 is 22.3 Å². The SMILES string of the molecule is CCC(C)(OC)C(C)(C#N)N=NC(C)(C#N)C(C)(CC)OC. The fourth-order valence-corrected chi connectivity index (χ4v) is 2.07. The molecule has 0 rings (SSSR count). The van der Waals surface area contributed by atoms with Gasteiger partial charge in [-0.05, 0) is 40.5 Å². The first-order valence-corrected chi connectivity index (χ1v) is 7.44. The zero-order valence-electron chi connectivity index (χ0n) is 15.0. The maximum absolute atomic E-state index is 9.57. The van der Waals surface area contributed by atoms with Crippen molar-refractivity contribution in [1.29, 1.82) is 10.5 Å². The molecular formula is C16H28N4O2. The van der Waals surface area contributed by atoms with Crippen molar-refractivity contribution in [3.8, 4) is 12.1 Å². The highest BCUT2D eigenvalue weighted by Crippen LogP contribution is 2.36. The lowest BCUT2D eigenvalue weighted by Crippen LogP contribution is -2.51. The summed E-state index contributed by atoms with van der Waals surface area (Å²) in [6.07, 6.45) is 1.18. The molecule has 0 aromatic rings. The first-order valence-electron chi connectivity index (χ1n) is 7.44. The summed E-state index contributed by atoms with van der Waals surface area (Å²) in [6.45, 7) is 10.8. The molecule has 124 valence electrons. The molecule has 6 nitrogen and oxygen atoms in total. The number of hydrogen-bond acceptors (Lipinski definition) is 6. The van der Waals surface area contributed by atoms with Gasteiger partial charge in [0.15, 0.2) is 11.1 Å². The van der Waals surface area contributed by atoms with Crippen molar-refractivity contribution in [3.63, 3.8) is 0 Å². The van der Waals surface area contributed by atoms with Gasteiger partial charge in [0.1, 0.15) is 11.2 Å². The third-order valence-corrected chi connectivity index (χ3v) is 5.20. The van der Waals surface area contributed by atoms with Gasteiger partial charge in [0, 0.05) is 14.2 Å². The average molecular weight is 308 g/mol. The van der Waals surface area contributed by atoms with Crippen LogP contribution in [0.25, 0.3) is 0 Å². The number of nitriles is 2. The molecule has 0 aliphatic carbocycles. The van der Waals surface area contributed by atoms with Gasteiger partial charge in [0.05, 0.1) is 12.1 Å². The molecule has 0 amide bonds. The summed E-state index contributed by atoms with van der Waals surface area (Å²) in [4.78, 5) is 0. The number of ether oxygens (including phenoxy) is 2. The molecule has 0 N–H and O–H groups in total. The van der Waals surface area contributed by atoms with Crippen LogP contribution in [-0.4, -0.2) is 36.5 Å². The summed E-state index contributed by atoms with van der Waals surface area (Å²) in [5.41, 5.74) is -3.98. The second-order valence-electron chi connectivity index (χ2n) is 6.15. The van der Waals surface area contributed by atoms with E-state index in [4.69, 9.17) is 9.47 Å². The number of azo groups is 1. The van der Waals surface area contributed by atoms with Gasteiger partial charge in [-0.3, -0.25) is 0 Å². The molecule has 0 spiro atoms. The Morgan fingerprint density at radius 1 is 0.773 bits per heavy atom. The summed E-state index contributed by atoms with van der Waals surface area (Å²) >= 11 is 0. The Bertz CT molecular complexity index is 439. The van der Waals surface area contributed by atoms with Crippen LogP contribution < -0.4 is 0 Å². The lowest BCUT2D eigenvalue weighted by atomic mass is 9.81. The van der Waals surface area contributed by atoms with Crippen LogP contribution in [0.4, 0.5) is 0 Å². The van der Waals surface area contributed by atoms with Gasteiger partial charge in [-0.25, -0.2) is 0 Å². The van der Waals surface area contributed by atoms with E-state index in [1.807, 2.05) is 27.7 Å². The van der Waals surface area contributed by atoms with E-state index >= 15 is 0 Å². The zero-order chi connectivity index (χ0) is 17.7. The molecule has 0 fully saturated rings. The molecule has 0 aliphatic heterocycles. The topological polar surface area (TPSA) is 90.8 Å². The van der Waals surface area contributed by atoms with E-state index in [0.717, 1.165) is 0 Å². The highest BCUT2D eigenvalue weighted by molar-refractivity contribution is 5.18. The van der Waals surface area contributed by atoms with Crippen LogP contribution in [0.2, 0.25) is 0 Å². The van der Waals surface area contributed by atoms with Crippen molar-refractivity contribution in [1.82, 2.24) is 0 Å². The van der Waals surface area contributed by atoms with E-state index in [1.54, 1.807) is 28.1 Å². The maximum Gasteiger partial charge on any atom is 0.192 e. The summed E-state index contributed by atoms with van der Waals surface area (Å²) in [6, 6.07) is 4.34. The molecule has 0 heterocycles. The van der Waals surface area contributed by atoms with Crippen LogP contribution in [0.15, 0.2) is 10.2 Å². The Morgan fingerprint density at radius 3 is 1.18 bits per heavy atom. The van der Waals surface area contributed by atoms with Crippen LogP contribution in [0.3, 0.4) is 0 Å². The standard InChI is InChI=1S/C16H28N4O2/c1-9-15(5,21-7)13(3,11-17)19-20-14(4,12-18)16(6,10-2)22-8/h9-10H2,1-8H3. The normalized spacial score (nSPS) is 22.6. The first kappa shape index (κ1) is 20.5. The van der Waals surface area contributed by atoms with Crippen molar-refractivity contribution in [2.45, 2.75) is 76.7 Å². The minimum Gasteiger partial charge on any atom is -0.375 e. The third-order valence-electron chi connectivity index (χ3n) is 5.20. The Kier molecular flexibility index (Phi) is 6.69. The van der Waals surface area contributed by atoms with Crippen molar-refractivity contribution in [2.24, 2.45) is 10.2 Å². The monoisotopic (exact) mass is 308 g/mol. The molecule has 4 atom stereocenters. The van der Waals surface area contributed by atoms with Crippen LogP contribution in [0.1, 0.15) is 54.4 Å². The lowest BCUT2D eigenvalue weighted by Gasteiger charge is -2.39. The zero-order valence-corrected chi connectivity index (χ0v) is 15.0. The Morgan fingerprint density at radius 2 is 1.05 bits per heavy atom. The van der Waals surface area contributed by atoms with Crippen LogP contribution in [0, 0.1) is 22.7 Å². The van der Waals surface area contributed by atoms with Gasteiger partial charge in [-0.2, -0.15) is 20.8 Å². The molecule has 6 heteroatoms. The van der Waals surface area contributed by atoms with Crippen molar-refractivity contribution >= 4 is 0 Å². The van der Waals surface area contributed by atoms with Gasteiger partial charge < -0.3 is 9.47 Å². The van der Waals surface area contributed by atoms with Gasteiger partial charge >= 0.3 is 0 Å². The van der Waals surface area contributed by atoms with Crippen LogP contribution in [-0.2, 0) is 9.47 Å². The first-order chi connectivity index (χ1) is 10.1. The fourth-order valence-electron chi connectivity index (χ4n) is 2.07. The Labute approximate surface area is 134 Å². The highest BCUT2D eigenvalue weighted by Gasteiger charge is 2.49. The summed E-state index contributed by atoms with van der Waals surface area (Å²) in [7, 11) is 3.09. The van der Waals surface area contributed by atoms with E-state index in [0.29, 0.717) is 12.8 Å². The average Bonchev–Trinajstić information content (AvgIpc) is 2.57. The van der Waals surface area contributed by atoms with Gasteiger partial charge in [-0.15, -0.1) is 0 Å². The van der Waals surface area contributed by atoms with E-state index in [2.05, 4.69) is 22.4 Å². The highest BCUT2D eigenvalue weighted by atomic mass is 16.5. The minimum absolute atomic E-state index is 0.588. The van der Waals surface area contributed by atoms with Crippen LogP contribution in [0.5, 0.6) is 0 Å². The second-order valence-corrected chi connectivity index (χ2v) is 6.15. The number of rotatable bonds is 8. The van der Waals surface area contributed by atoms with E-state index in [9.17, 15) is 10.5 Å². The number of nitrogens with zero attached hydrogens (tertiary/aromatic N) is 4. The summed E-state index contributed by atoms with van der Waals surface area (Å²) < 4.78 is 11.0. The molecular weight excluding hydrogens is 280 g/mol. The summed E-state index contributed by atoms with van der Waals surface area (Å²) in [5, 5.41) is 27.6. The van der Waals surface area contributed by atoms with Crippen molar-refractivity contribution < 1.29 is 9.47 Å². The van der Waals surface area contributed by atoms with Gasteiger partial charge in [0.25, 0.3) is 0 Å². The van der Waals surface area contributed by atoms with Crippen molar-refractivity contribution in [2.75, 3.05) is 14.2 Å². The molecule has 0 aromatic carbocycles. The van der Waals surface area contributed by atoms with Gasteiger partial charge in [0.2, 0.25) is 0 Å². The molecule has 0 aromatic heterocycles. The minimum atomic E-state index is -1.20. The molecule has 0 aliphatic rings.